The molecule has 0 spiro atoms. The fourth-order valence-electron chi connectivity index (χ4n) is 4.40. The van der Waals surface area contributed by atoms with Crippen molar-refractivity contribution in [2.24, 2.45) is 0 Å². The van der Waals surface area contributed by atoms with Gasteiger partial charge >= 0.3 is 0 Å². The second-order valence-corrected chi connectivity index (χ2v) is 9.56. The Hall–Kier alpha value is -3.11. The number of nitrogens with zero attached hydrogens (tertiary/aromatic N) is 4. The lowest BCUT2D eigenvalue weighted by atomic mass is 10.1. The Bertz CT molecular complexity index is 1180. The van der Waals surface area contributed by atoms with E-state index in [9.17, 15) is 9.18 Å². The van der Waals surface area contributed by atoms with Crippen LogP contribution in [0.25, 0.3) is 5.69 Å². The highest BCUT2D eigenvalue weighted by atomic mass is 32.2. The average molecular weight is 498 g/mol. The number of piperidine rings is 1. The Morgan fingerprint density at radius 1 is 1.06 bits per heavy atom. The second-order valence-electron chi connectivity index (χ2n) is 8.62. The van der Waals surface area contributed by atoms with Gasteiger partial charge in [0.05, 0.1) is 11.8 Å². The van der Waals surface area contributed by atoms with Gasteiger partial charge in [-0.05, 0) is 69.3 Å². The fraction of sp³-hybridized carbons (Fsp3) is 0.400. The molecule has 35 heavy (non-hydrogen) atoms. The van der Waals surface area contributed by atoms with E-state index in [4.69, 9.17) is 9.47 Å². The van der Waals surface area contributed by atoms with Crippen molar-refractivity contribution < 1.29 is 18.7 Å². The quantitative estimate of drug-likeness (QED) is 0.483. The summed E-state index contributed by atoms with van der Waals surface area (Å²) < 4.78 is 26.7. The SMILES string of the molecule is CC(c1nnc(SCC(=O)Nc2ccc3c(c2)OCCO3)n1-c1ccc(F)cc1)N1CCCCC1. The summed E-state index contributed by atoms with van der Waals surface area (Å²) in [5.74, 6) is 1.74. The normalized spacial score (nSPS) is 16.6. The molecule has 0 bridgehead atoms. The average Bonchev–Trinajstić information content (AvgIpc) is 3.32. The first-order valence-electron chi connectivity index (χ1n) is 11.9. The zero-order valence-corrected chi connectivity index (χ0v) is 20.4. The van der Waals surface area contributed by atoms with Crippen molar-refractivity contribution in [1.82, 2.24) is 19.7 Å². The zero-order valence-electron chi connectivity index (χ0n) is 19.6. The van der Waals surface area contributed by atoms with Gasteiger partial charge in [-0.15, -0.1) is 10.2 Å². The van der Waals surface area contributed by atoms with Crippen LogP contribution in [0.15, 0.2) is 47.6 Å². The minimum atomic E-state index is -0.305. The van der Waals surface area contributed by atoms with Crippen LogP contribution in [-0.2, 0) is 4.79 Å². The molecular weight excluding hydrogens is 469 g/mol. The van der Waals surface area contributed by atoms with Crippen LogP contribution >= 0.6 is 11.8 Å². The summed E-state index contributed by atoms with van der Waals surface area (Å²) in [4.78, 5) is 15.1. The molecule has 1 aromatic heterocycles. The monoisotopic (exact) mass is 497 g/mol. The summed E-state index contributed by atoms with van der Waals surface area (Å²) in [5.41, 5.74) is 1.41. The maximum atomic E-state index is 13.6. The molecule has 0 saturated carbocycles. The minimum absolute atomic E-state index is 0.0498. The molecule has 184 valence electrons. The Morgan fingerprint density at radius 3 is 2.57 bits per heavy atom. The molecular formula is C25H28FN5O3S. The minimum Gasteiger partial charge on any atom is -0.486 e. The standard InChI is InChI=1S/C25H28FN5O3S/c1-17(30-11-3-2-4-12-30)24-28-29-25(31(24)20-8-5-18(26)6-9-20)35-16-23(32)27-19-7-10-21-22(15-19)34-14-13-33-21/h5-10,15,17H,2-4,11-14,16H2,1H3,(H,27,32). The predicted octanol–water partition coefficient (Wildman–Crippen LogP) is 4.46. The molecule has 5 rings (SSSR count). The third-order valence-corrected chi connectivity index (χ3v) is 7.14. The molecule has 0 radical (unpaired) electrons. The first-order chi connectivity index (χ1) is 17.1. The molecule has 8 nitrogen and oxygen atoms in total. The molecule has 0 aliphatic carbocycles. The van der Waals surface area contributed by atoms with Gasteiger partial charge in [0.1, 0.15) is 19.0 Å². The van der Waals surface area contributed by atoms with E-state index in [1.54, 1.807) is 30.3 Å². The third kappa shape index (κ3) is 5.43. The molecule has 3 aromatic rings. The van der Waals surface area contributed by atoms with E-state index < -0.39 is 0 Å². The Kier molecular flexibility index (Phi) is 7.19. The summed E-state index contributed by atoms with van der Waals surface area (Å²) >= 11 is 1.30. The smallest absolute Gasteiger partial charge is 0.234 e. The van der Waals surface area contributed by atoms with Crippen LogP contribution in [0.5, 0.6) is 11.5 Å². The molecule has 3 heterocycles. The van der Waals surface area contributed by atoms with Gasteiger partial charge in [0, 0.05) is 17.4 Å². The van der Waals surface area contributed by atoms with E-state index in [1.165, 1.54) is 30.3 Å². The number of halogens is 1. The van der Waals surface area contributed by atoms with Crippen LogP contribution < -0.4 is 14.8 Å². The number of thioether (sulfide) groups is 1. The third-order valence-electron chi connectivity index (χ3n) is 6.21. The van der Waals surface area contributed by atoms with Gasteiger partial charge in [0.25, 0.3) is 0 Å². The second kappa shape index (κ2) is 10.7. The van der Waals surface area contributed by atoms with E-state index >= 15 is 0 Å². The number of benzene rings is 2. The molecule has 1 N–H and O–H groups in total. The molecule has 1 unspecified atom stereocenters. The highest BCUT2D eigenvalue weighted by Crippen LogP contribution is 2.33. The number of aromatic nitrogens is 3. The van der Waals surface area contributed by atoms with E-state index in [0.717, 1.165) is 37.4 Å². The molecule has 2 aliphatic heterocycles. The Balaban J connectivity index is 1.32. The lowest BCUT2D eigenvalue weighted by Gasteiger charge is -2.31. The molecule has 1 fully saturated rings. The van der Waals surface area contributed by atoms with Crippen molar-refractivity contribution in [3.63, 3.8) is 0 Å². The summed E-state index contributed by atoms with van der Waals surface area (Å²) in [5, 5.41) is 12.4. The van der Waals surface area contributed by atoms with Gasteiger partial charge in [0.2, 0.25) is 5.91 Å². The number of hydrogen-bond acceptors (Lipinski definition) is 7. The summed E-state index contributed by atoms with van der Waals surface area (Å²) in [6.07, 6.45) is 3.57. The topological polar surface area (TPSA) is 81.5 Å². The number of likely N-dealkylation sites (tertiary alicyclic amines) is 1. The first kappa shape index (κ1) is 23.6. The fourth-order valence-corrected chi connectivity index (χ4v) is 5.15. The number of ether oxygens (including phenoxy) is 2. The number of nitrogens with one attached hydrogen (secondary N) is 1. The molecule has 2 aliphatic rings. The summed E-state index contributed by atoms with van der Waals surface area (Å²) in [6, 6.07) is 11.7. The molecule has 1 atom stereocenters. The van der Waals surface area contributed by atoms with E-state index in [2.05, 4.69) is 27.3 Å². The van der Waals surface area contributed by atoms with Crippen molar-refractivity contribution >= 4 is 23.4 Å². The maximum Gasteiger partial charge on any atom is 0.234 e. The van der Waals surface area contributed by atoms with Crippen molar-refractivity contribution in [2.75, 3.05) is 37.4 Å². The van der Waals surface area contributed by atoms with Crippen LogP contribution in [0.4, 0.5) is 10.1 Å². The number of hydrogen-bond donors (Lipinski definition) is 1. The van der Waals surface area contributed by atoms with Crippen molar-refractivity contribution in [3.05, 3.63) is 54.1 Å². The van der Waals surface area contributed by atoms with E-state index in [0.29, 0.717) is 35.6 Å². The largest absolute Gasteiger partial charge is 0.486 e. The molecule has 10 heteroatoms. The van der Waals surface area contributed by atoms with Gasteiger partial charge in [-0.1, -0.05) is 18.2 Å². The van der Waals surface area contributed by atoms with Crippen LogP contribution in [0.2, 0.25) is 0 Å². The van der Waals surface area contributed by atoms with Crippen LogP contribution in [0.3, 0.4) is 0 Å². The molecule has 1 saturated heterocycles. The lowest BCUT2D eigenvalue weighted by molar-refractivity contribution is -0.113. The lowest BCUT2D eigenvalue weighted by Crippen LogP contribution is -2.33. The summed E-state index contributed by atoms with van der Waals surface area (Å²) in [6.45, 7) is 5.15. The number of anilines is 1. The number of fused-ring (bicyclic) bond motifs is 1. The zero-order chi connectivity index (χ0) is 24.2. The number of rotatable bonds is 7. The molecule has 2 aromatic carbocycles. The van der Waals surface area contributed by atoms with Crippen molar-refractivity contribution in [3.8, 4) is 17.2 Å². The highest BCUT2D eigenvalue weighted by molar-refractivity contribution is 7.99. The van der Waals surface area contributed by atoms with Crippen LogP contribution in [0, 0.1) is 5.82 Å². The number of carbonyl (C=O) groups excluding carboxylic acids is 1. The van der Waals surface area contributed by atoms with Crippen molar-refractivity contribution in [1.29, 1.82) is 0 Å². The van der Waals surface area contributed by atoms with Crippen LogP contribution in [-0.4, -0.2) is 57.6 Å². The number of carbonyl (C=O) groups is 1. The molecule has 1 amide bonds. The first-order valence-corrected chi connectivity index (χ1v) is 12.8. The summed E-state index contributed by atoms with van der Waals surface area (Å²) in [7, 11) is 0. The maximum absolute atomic E-state index is 13.6. The van der Waals surface area contributed by atoms with Crippen LogP contribution in [0.1, 0.15) is 38.1 Å². The predicted molar refractivity (Wildman–Crippen MR) is 132 cm³/mol. The van der Waals surface area contributed by atoms with Gasteiger partial charge in [-0.25, -0.2) is 4.39 Å². The Morgan fingerprint density at radius 2 is 1.80 bits per heavy atom. The van der Waals surface area contributed by atoms with Crippen molar-refractivity contribution in [2.45, 2.75) is 37.4 Å². The van der Waals surface area contributed by atoms with Gasteiger partial charge in [-0.2, -0.15) is 0 Å². The highest BCUT2D eigenvalue weighted by Gasteiger charge is 2.26. The van der Waals surface area contributed by atoms with Gasteiger partial charge < -0.3 is 14.8 Å². The van der Waals surface area contributed by atoms with E-state index in [1.807, 2.05) is 4.57 Å². The van der Waals surface area contributed by atoms with Gasteiger partial charge in [-0.3, -0.25) is 14.3 Å². The number of amides is 1. The van der Waals surface area contributed by atoms with E-state index in [-0.39, 0.29) is 23.5 Å². The Labute approximate surface area is 207 Å². The van der Waals surface area contributed by atoms with Gasteiger partial charge in [0.15, 0.2) is 22.5 Å².